The van der Waals surface area contributed by atoms with E-state index in [1.807, 2.05) is 4.90 Å². The van der Waals surface area contributed by atoms with Crippen LogP contribution in [0.4, 0.5) is 4.39 Å². The molecule has 3 heterocycles. The molecular weight excluding hydrogens is 361 g/mol. The average Bonchev–Trinajstić information content (AvgIpc) is 2.67. The van der Waals surface area contributed by atoms with E-state index in [2.05, 4.69) is 4.90 Å². The van der Waals surface area contributed by atoms with Crippen LogP contribution in [0.1, 0.15) is 32.1 Å². The van der Waals surface area contributed by atoms with Gasteiger partial charge in [-0.25, -0.2) is 4.39 Å². The molecule has 4 atom stereocenters. The number of benzene rings is 1. The SMILES string of the molecule is NC(=O)[C@H]1[C@H]2C[C@H](CN(CCCOc3ccc(F)cc3)C2)[C@@H]2CCCC(=O)N21. The average molecular weight is 389 g/mol. The van der Waals surface area contributed by atoms with Crippen LogP contribution in [-0.2, 0) is 9.59 Å². The van der Waals surface area contributed by atoms with Crippen molar-refractivity contribution >= 4 is 11.8 Å². The number of hydrogen-bond donors (Lipinski definition) is 1. The molecule has 6 nitrogen and oxygen atoms in total. The van der Waals surface area contributed by atoms with Crippen LogP contribution in [0.15, 0.2) is 24.3 Å². The lowest BCUT2D eigenvalue weighted by atomic mass is 9.72. The molecule has 3 aliphatic heterocycles. The number of fused-ring (bicyclic) bond motifs is 4. The van der Waals surface area contributed by atoms with E-state index in [0.717, 1.165) is 45.3 Å². The van der Waals surface area contributed by atoms with Crippen molar-refractivity contribution in [3.05, 3.63) is 30.1 Å². The summed E-state index contributed by atoms with van der Waals surface area (Å²) in [4.78, 5) is 28.9. The Balaban J connectivity index is 1.34. The molecule has 4 rings (SSSR count). The van der Waals surface area contributed by atoms with E-state index in [1.165, 1.54) is 12.1 Å². The first kappa shape index (κ1) is 19.2. The second-order valence-electron chi connectivity index (χ2n) is 8.28. The maximum atomic E-state index is 12.9. The summed E-state index contributed by atoms with van der Waals surface area (Å²) in [6, 6.07) is 5.73. The zero-order valence-corrected chi connectivity index (χ0v) is 16.1. The van der Waals surface area contributed by atoms with Crippen molar-refractivity contribution < 1.29 is 18.7 Å². The number of carbonyl (C=O) groups is 2. The first-order chi connectivity index (χ1) is 13.5. The molecule has 2 N–H and O–H groups in total. The quantitative estimate of drug-likeness (QED) is 0.753. The molecule has 3 saturated heterocycles. The standard InChI is InChI=1S/C21H28FN3O3/c22-16-5-7-17(8-6-16)28-10-2-9-24-12-14-11-15(13-24)20(21(23)27)25-18(14)3-1-4-19(25)26/h5-8,14-15,18,20H,1-4,9-13H2,(H2,23,27)/t14-,15+,18+,20-/m1/s1. The number of ether oxygens (including phenoxy) is 1. The molecule has 28 heavy (non-hydrogen) atoms. The van der Waals surface area contributed by atoms with Gasteiger partial charge in [0.2, 0.25) is 11.8 Å². The second kappa shape index (κ2) is 8.07. The van der Waals surface area contributed by atoms with E-state index in [0.29, 0.717) is 24.7 Å². The lowest BCUT2D eigenvalue weighted by Gasteiger charge is -2.55. The molecule has 2 amide bonds. The van der Waals surface area contributed by atoms with Crippen LogP contribution < -0.4 is 10.5 Å². The van der Waals surface area contributed by atoms with Gasteiger partial charge >= 0.3 is 0 Å². The van der Waals surface area contributed by atoms with E-state index in [4.69, 9.17) is 10.5 Å². The summed E-state index contributed by atoms with van der Waals surface area (Å²) < 4.78 is 18.6. The molecule has 3 aliphatic rings. The van der Waals surface area contributed by atoms with E-state index >= 15 is 0 Å². The zero-order chi connectivity index (χ0) is 19.7. The highest BCUT2D eigenvalue weighted by atomic mass is 19.1. The fourth-order valence-corrected chi connectivity index (χ4v) is 5.31. The van der Waals surface area contributed by atoms with Gasteiger partial charge in [0, 0.05) is 38.0 Å². The third-order valence-corrected chi connectivity index (χ3v) is 6.41. The van der Waals surface area contributed by atoms with Gasteiger partial charge in [-0.1, -0.05) is 0 Å². The predicted octanol–water partition coefficient (Wildman–Crippen LogP) is 1.78. The second-order valence-corrected chi connectivity index (χ2v) is 8.28. The molecule has 0 unspecified atom stereocenters. The number of nitrogens with two attached hydrogens (primary N) is 1. The number of nitrogens with zero attached hydrogens (tertiary/aromatic N) is 2. The van der Waals surface area contributed by atoms with Gasteiger partial charge in [-0.15, -0.1) is 0 Å². The monoisotopic (exact) mass is 389 g/mol. The molecule has 7 heteroatoms. The van der Waals surface area contributed by atoms with Crippen molar-refractivity contribution in [1.29, 1.82) is 0 Å². The fourth-order valence-electron chi connectivity index (χ4n) is 5.31. The lowest BCUT2D eigenvalue weighted by molar-refractivity contribution is -0.159. The van der Waals surface area contributed by atoms with Crippen molar-refractivity contribution in [2.45, 2.75) is 44.2 Å². The molecule has 0 aliphatic carbocycles. The van der Waals surface area contributed by atoms with Crippen molar-refractivity contribution in [2.75, 3.05) is 26.2 Å². The number of halogens is 1. The smallest absolute Gasteiger partial charge is 0.240 e. The van der Waals surface area contributed by atoms with Crippen LogP contribution in [0, 0.1) is 17.7 Å². The number of hydrogen-bond acceptors (Lipinski definition) is 4. The number of carbonyl (C=O) groups excluding carboxylic acids is 2. The van der Waals surface area contributed by atoms with Crippen molar-refractivity contribution in [3.63, 3.8) is 0 Å². The Morgan fingerprint density at radius 2 is 1.96 bits per heavy atom. The molecule has 0 spiro atoms. The normalized spacial score (nSPS) is 30.0. The van der Waals surface area contributed by atoms with Crippen molar-refractivity contribution in [1.82, 2.24) is 9.80 Å². The van der Waals surface area contributed by atoms with Crippen LogP contribution in [0.25, 0.3) is 0 Å². The molecular formula is C21H28FN3O3. The van der Waals surface area contributed by atoms with Gasteiger partial charge in [0.05, 0.1) is 6.61 Å². The van der Waals surface area contributed by atoms with Gasteiger partial charge in [-0.05, 0) is 55.9 Å². The molecule has 3 fully saturated rings. The Morgan fingerprint density at radius 3 is 2.71 bits per heavy atom. The molecule has 0 aromatic heterocycles. The Kier molecular flexibility index (Phi) is 5.53. The van der Waals surface area contributed by atoms with Crippen LogP contribution >= 0.6 is 0 Å². The number of rotatable bonds is 6. The number of likely N-dealkylation sites (tertiary alicyclic amines) is 1. The van der Waals surface area contributed by atoms with Gasteiger partial charge in [0.25, 0.3) is 0 Å². The molecule has 2 bridgehead atoms. The number of piperidine rings is 3. The van der Waals surface area contributed by atoms with Gasteiger partial charge in [0.15, 0.2) is 0 Å². The van der Waals surface area contributed by atoms with Gasteiger partial charge in [-0.2, -0.15) is 0 Å². The maximum absolute atomic E-state index is 12.9. The van der Waals surface area contributed by atoms with Crippen LogP contribution in [0.2, 0.25) is 0 Å². The first-order valence-corrected chi connectivity index (χ1v) is 10.2. The Morgan fingerprint density at radius 1 is 1.21 bits per heavy atom. The summed E-state index contributed by atoms with van der Waals surface area (Å²) in [5.41, 5.74) is 5.72. The van der Waals surface area contributed by atoms with Crippen LogP contribution in [0.3, 0.4) is 0 Å². The summed E-state index contributed by atoms with van der Waals surface area (Å²) in [6.45, 7) is 3.18. The summed E-state index contributed by atoms with van der Waals surface area (Å²) in [6.07, 6.45) is 4.23. The van der Waals surface area contributed by atoms with Gasteiger partial charge < -0.3 is 20.3 Å². The third-order valence-electron chi connectivity index (χ3n) is 6.41. The predicted molar refractivity (Wildman–Crippen MR) is 102 cm³/mol. The van der Waals surface area contributed by atoms with E-state index < -0.39 is 6.04 Å². The highest BCUT2D eigenvalue weighted by molar-refractivity contribution is 5.88. The van der Waals surface area contributed by atoms with Crippen LogP contribution in [0.5, 0.6) is 5.75 Å². The van der Waals surface area contributed by atoms with E-state index in [9.17, 15) is 14.0 Å². The van der Waals surface area contributed by atoms with Gasteiger partial charge in [0.1, 0.15) is 17.6 Å². The molecule has 0 saturated carbocycles. The minimum Gasteiger partial charge on any atom is -0.494 e. The van der Waals surface area contributed by atoms with E-state index in [1.54, 1.807) is 12.1 Å². The Bertz CT molecular complexity index is 726. The summed E-state index contributed by atoms with van der Waals surface area (Å²) >= 11 is 0. The zero-order valence-electron chi connectivity index (χ0n) is 16.1. The minimum atomic E-state index is -0.465. The largest absolute Gasteiger partial charge is 0.494 e. The summed E-state index contributed by atoms with van der Waals surface area (Å²) in [7, 11) is 0. The molecule has 152 valence electrons. The molecule has 1 aromatic rings. The number of primary amides is 1. The van der Waals surface area contributed by atoms with Crippen molar-refractivity contribution in [2.24, 2.45) is 17.6 Å². The minimum absolute atomic E-state index is 0.0934. The maximum Gasteiger partial charge on any atom is 0.240 e. The topological polar surface area (TPSA) is 75.9 Å². The fraction of sp³-hybridized carbons (Fsp3) is 0.619. The summed E-state index contributed by atoms with van der Waals surface area (Å²) in [5, 5.41) is 0. The van der Waals surface area contributed by atoms with Gasteiger partial charge in [-0.3, -0.25) is 9.59 Å². The van der Waals surface area contributed by atoms with Crippen LogP contribution in [-0.4, -0.2) is 59.9 Å². The number of amides is 2. The third kappa shape index (κ3) is 3.85. The highest BCUT2D eigenvalue weighted by Crippen LogP contribution is 2.41. The highest BCUT2D eigenvalue weighted by Gasteiger charge is 2.51. The lowest BCUT2D eigenvalue weighted by Crippen LogP contribution is -2.68. The Hall–Kier alpha value is -2.15. The first-order valence-electron chi connectivity index (χ1n) is 10.2. The molecule has 1 aromatic carbocycles. The molecule has 0 radical (unpaired) electrons. The summed E-state index contributed by atoms with van der Waals surface area (Å²) in [5.74, 6) is 0.652. The van der Waals surface area contributed by atoms with E-state index in [-0.39, 0.29) is 29.6 Å². The Labute approximate surface area is 164 Å². The van der Waals surface area contributed by atoms with Crippen molar-refractivity contribution in [3.8, 4) is 5.75 Å².